The van der Waals surface area contributed by atoms with Gasteiger partial charge in [-0.15, -0.1) is 0 Å². The van der Waals surface area contributed by atoms with Crippen molar-refractivity contribution in [2.75, 3.05) is 24.2 Å². The van der Waals surface area contributed by atoms with E-state index in [0.29, 0.717) is 23.9 Å². The summed E-state index contributed by atoms with van der Waals surface area (Å²) < 4.78 is 23.4. The number of hydrogen-bond acceptors (Lipinski definition) is 5. The fraction of sp³-hybridized carbons (Fsp3) is 0.333. The van der Waals surface area contributed by atoms with Gasteiger partial charge in [0, 0.05) is 12.8 Å². The molecule has 0 bridgehead atoms. The molecule has 0 radical (unpaired) electrons. The number of nitriles is 1. The lowest BCUT2D eigenvalue weighted by atomic mass is 10.0. The zero-order chi connectivity index (χ0) is 21.2. The van der Waals surface area contributed by atoms with Gasteiger partial charge in [0.25, 0.3) is 0 Å². The molecule has 1 aliphatic heterocycles. The van der Waals surface area contributed by atoms with Crippen molar-refractivity contribution >= 4 is 33.0 Å². The molecule has 3 rings (SSSR count). The fourth-order valence-corrected chi connectivity index (χ4v) is 4.47. The minimum Gasteiger partial charge on any atom is -0.358 e. The predicted octanol–water partition coefficient (Wildman–Crippen LogP) is 3.27. The third-order valence-electron chi connectivity index (χ3n) is 5.03. The lowest BCUT2D eigenvalue weighted by molar-refractivity contribution is -0.122. The summed E-state index contributed by atoms with van der Waals surface area (Å²) in [6, 6.07) is 13.8. The molecule has 152 valence electrons. The number of nitrogens with zero attached hydrogens (tertiary/aromatic N) is 2. The smallest absolute Gasteiger partial charge is 0.243 e. The Morgan fingerprint density at radius 2 is 1.90 bits per heavy atom. The summed E-state index contributed by atoms with van der Waals surface area (Å²) in [6.45, 7) is 2.73. The van der Waals surface area contributed by atoms with Crippen LogP contribution in [0.5, 0.6) is 0 Å². The SMILES string of the molecule is C[C@H]1C[C@@H](C(=O)NCC#N)N(c2cc(-c3ccc(S(C)(=O)=O)cc3)ccc2Cl)C1. The Labute approximate surface area is 176 Å². The second-order valence-corrected chi connectivity index (χ2v) is 9.77. The molecule has 2 aromatic rings. The second kappa shape index (κ2) is 8.44. The van der Waals surface area contributed by atoms with Crippen LogP contribution in [0.25, 0.3) is 11.1 Å². The van der Waals surface area contributed by atoms with Crippen molar-refractivity contribution in [1.29, 1.82) is 5.26 Å². The Morgan fingerprint density at radius 1 is 1.24 bits per heavy atom. The quantitative estimate of drug-likeness (QED) is 0.734. The Morgan fingerprint density at radius 3 is 2.52 bits per heavy atom. The first-order valence-electron chi connectivity index (χ1n) is 9.22. The van der Waals surface area contributed by atoms with E-state index < -0.39 is 15.9 Å². The van der Waals surface area contributed by atoms with Crippen LogP contribution in [-0.2, 0) is 14.6 Å². The largest absolute Gasteiger partial charge is 0.358 e. The van der Waals surface area contributed by atoms with Crippen molar-refractivity contribution in [2.45, 2.75) is 24.3 Å². The Kier molecular flexibility index (Phi) is 6.15. The van der Waals surface area contributed by atoms with E-state index in [2.05, 4.69) is 12.2 Å². The molecular formula is C21H22ClN3O3S. The van der Waals surface area contributed by atoms with Crippen LogP contribution >= 0.6 is 11.6 Å². The third-order valence-corrected chi connectivity index (χ3v) is 6.47. The first-order valence-corrected chi connectivity index (χ1v) is 11.5. The fourth-order valence-electron chi connectivity index (χ4n) is 3.61. The van der Waals surface area contributed by atoms with Gasteiger partial charge in [-0.25, -0.2) is 8.42 Å². The van der Waals surface area contributed by atoms with Crippen LogP contribution in [-0.4, -0.2) is 39.7 Å². The van der Waals surface area contributed by atoms with E-state index in [1.54, 1.807) is 30.3 Å². The maximum atomic E-state index is 12.5. The van der Waals surface area contributed by atoms with E-state index in [-0.39, 0.29) is 17.3 Å². The number of rotatable bonds is 5. The highest BCUT2D eigenvalue weighted by atomic mass is 35.5. The van der Waals surface area contributed by atoms with Crippen molar-refractivity contribution in [3.63, 3.8) is 0 Å². The Hall–Kier alpha value is -2.56. The van der Waals surface area contributed by atoms with Crippen molar-refractivity contribution in [1.82, 2.24) is 5.32 Å². The van der Waals surface area contributed by atoms with Crippen molar-refractivity contribution < 1.29 is 13.2 Å². The topological polar surface area (TPSA) is 90.3 Å². The molecule has 1 N–H and O–H groups in total. The number of benzene rings is 2. The minimum absolute atomic E-state index is 0.0298. The van der Waals surface area contributed by atoms with Gasteiger partial charge in [-0.05, 0) is 47.7 Å². The number of hydrogen-bond donors (Lipinski definition) is 1. The number of amides is 1. The van der Waals surface area contributed by atoms with E-state index in [9.17, 15) is 13.2 Å². The maximum absolute atomic E-state index is 12.5. The summed E-state index contributed by atoms with van der Waals surface area (Å²) >= 11 is 6.47. The third kappa shape index (κ3) is 4.72. The maximum Gasteiger partial charge on any atom is 0.243 e. The van der Waals surface area contributed by atoms with Crippen LogP contribution in [0.15, 0.2) is 47.4 Å². The van der Waals surface area contributed by atoms with Crippen molar-refractivity contribution in [3.8, 4) is 17.2 Å². The first-order chi connectivity index (χ1) is 13.7. The van der Waals surface area contributed by atoms with Gasteiger partial charge in [0.2, 0.25) is 5.91 Å². The highest BCUT2D eigenvalue weighted by Gasteiger charge is 2.35. The molecule has 0 unspecified atom stereocenters. The van der Waals surface area contributed by atoms with Crippen molar-refractivity contribution in [2.24, 2.45) is 5.92 Å². The second-order valence-electron chi connectivity index (χ2n) is 7.35. The molecule has 1 aliphatic rings. The summed E-state index contributed by atoms with van der Waals surface area (Å²) in [7, 11) is -3.26. The molecule has 2 aromatic carbocycles. The molecule has 0 spiro atoms. The average molecular weight is 432 g/mol. The number of halogens is 1. The Balaban J connectivity index is 1.94. The van der Waals surface area contributed by atoms with E-state index in [0.717, 1.165) is 16.8 Å². The molecule has 0 saturated carbocycles. The number of carbonyl (C=O) groups is 1. The molecule has 1 amide bonds. The zero-order valence-corrected chi connectivity index (χ0v) is 17.8. The van der Waals surface area contributed by atoms with Crippen LogP contribution < -0.4 is 10.2 Å². The van der Waals surface area contributed by atoms with E-state index in [1.165, 1.54) is 6.26 Å². The lowest BCUT2D eigenvalue weighted by Crippen LogP contribution is -2.43. The van der Waals surface area contributed by atoms with Gasteiger partial charge in [0.15, 0.2) is 9.84 Å². The monoisotopic (exact) mass is 431 g/mol. The highest BCUT2D eigenvalue weighted by molar-refractivity contribution is 7.90. The summed E-state index contributed by atoms with van der Waals surface area (Å²) in [6.07, 6.45) is 1.86. The highest BCUT2D eigenvalue weighted by Crippen LogP contribution is 2.37. The van der Waals surface area contributed by atoms with Gasteiger partial charge in [0.1, 0.15) is 12.6 Å². The first kappa shape index (κ1) is 21.2. The summed E-state index contributed by atoms with van der Waals surface area (Å²) in [5, 5.41) is 11.9. The number of nitrogens with one attached hydrogen (secondary N) is 1. The summed E-state index contributed by atoms with van der Waals surface area (Å²) in [5.74, 6) is 0.122. The summed E-state index contributed by atoms with van der Waals surface area (Å²) in [4.78, 5) is 14.8. The van der Waals surface area contributed by atoms with Crippen LogP contribution in [0, 0.1) is 17.2 Å². The molecule has 29 heavy (non-hydrogen) atoms. The van der Waals surface area contributed by atoms with Gasteiger partial charge in [-0.2, -0.15) is 5.26 Å². The van der Waals surface area contributed by atoms with Gasteiger partial charge in [-0.3, -0.25) is 4.79 Å². The predicted molar refractivity (Wildman–Crippen MR) is 114 cm³/mol. The number of anilines is 1. The standard InChI is InChI=1S/C21H22ClN3O3S/c1-14-11-20(21(26)24-10-9-23)25(13-14)19-12-16(5-8-18(19)22)15-3-6-17(7-4-15)29(2,27)28/h3-8,12,14,20H,10-11,13H2,1-2H3,(H,24,26)/t14-,20-/m0/s1. The van der Waals surface area contributed by atoms with Crippen LogP contribution in [0.2, 0.25) is 5.02 Å². The van der Waals surface area contributed by atoms with Gasteiger partial charge in [-0.1, -0.05) is 36.7 Å². The zero-order valence-electron chi connectivity index (χ0n) is 16.2. The van der Waals surface area contributed by atoms with E-state index in [1.807, 2.05) is 23.1 Å². The summed E-state index contributed by atoms with van der Waals surface area (Å²) in [5.41, 5.74) is 2.48. The molecule has 0 aromatic heterocycles. The van der Waals surface area contributed by atoms with E-state index in [4.69, 9.17) is 16.9 Å². The van der Waals surface area contributed by atoms with Gasteiger partial charge in [0.05, 0.1) is 21.7 Å². The number of sulfone groups is 1. The molecule has 1 saturated heterocycles. The molecular weight excluding hydrogens is 410 g/mol. The van der Waals surface area contributed by atoms with Gasteiger partial charge >= 0.3 is 0 Å². The molecule has 8 heteroatoms. The molecule has 0 aliphatic carbocycles. The molecule has 2 atom stereocenters. The van der Waals surface area contributed by atoms with Crippen molar-refractivity contribution in [3.05, 3.63) is 47.5 Å². The molecule has 6 nitrogen and oxygen atoms in total. The van der Waals surface area contributed by atoms with Crippen LogP contribution in [0.1, 0.15) is 13.3 Å². The average Bonchev–Trinajstić information content (AvgIpc) is 3.07. The Bertz CT molecular complexity index is 1060. The molecule has 1 heterocycles. The minimum atomic E-state index is -3.26. The number of carbonyl (C=O) groups excluding carboxylic acids is 1. The molecule has 1 fully saturated rings. The van der Waals surface area contributed by atoms with Crippen LogP contribution in [0.3, 0.4) is 0 Å². The van der Waals surface area contributed by atoms with E-state index >= 15 is 0 Å². The van der Waals surface area contributed by atoms with Gasteiger partial charge < -0.3 is 10.2 Å². The normalized spacial score (nSPS) is 19.0. The van der Waals surface area contributed by atoms with Crippen LogP contribution in [0.4, 0.5) is 5.69 Å². The lowest BCUT2D eigenvalue weighted by Gasteiger charge is -2.27.